The van der Waals surface area contributed by atoms with Crippen LogP contribution in [-0.4, -0.2) is 18.3 Å². The predicted molar refractivity (Wildman–Crippen MR) is 601 cm³/mol. The standard InChI is InChI=1S/C133H132N6O/c1-125(2,3)80-44-56-106-98(64-80)99-65-81(126(4,5)6)45-57-107(99)134(106)89-52-54-94-116(74-89)138(115-43-35-41-93-92-40-34-42-114(123(92)140-124(93)115)137-112-62-50-86(131(19,20)21)70-104(112)105-71-87(132(22,23)24)51-63-113(105)137)118-76-91(136-110-60-48-84(129(13,14)15)68-102(110)103-69-85(130(16,17)18)49-61-111(103)136)77-119-121(118)120(94)95-55-53-90(135-108-58-46-82(127(7,8)9)66-100(108)101-67-83(128(10,11)12)47-59-109(101)135)75-117(95)139(119)122-96(78-36-30-28-31-37-78)72-88(133(25,26)27)73-97(122)79-38-32-29-33-39-79/h28-77,120H,1-27H3. The normalized spacial score (nSPS) is 14.3. The summed E-state index contributed by atoms with van der Waals surface area (Å²) >= 11 is 0. The molecule has 0 bridgehead atoms. The third-order valence-corrected chi connectivity index (χ3v) is 31.1. The van der Waals surface area contributed by atoms with Crippen LogP contribution >= 0.6 is 0 Å². The van der Waals surface area contributed by atoms with Crippen LogP contribution in [0.2, 0.25) is 0 Å². The van der Waals surface area contributed by atoms with Crippen molar-refractivity contribution in [1.29, 1.82) is 0 Å². The number of para-hydroxylation sites is 2. The highest BCUT2D eigenvalue weighted by Crippen LogP contribution is 2.65. The molecule has 2 aliphatic heterocycles. The molecule has 7 heterocycles. The average Bonchev–Trinajstić information content (AvgIpc) is 0.797. The van der Waals surface area contributed by atoms with Crippen LogP contribution in [0.25, 0.3) is 154 Å². The van der Waals surface area contributed by atoms with Gasteiger partial charge in [-0.3, -0.25) is 0 Å². The molecular weight excluding hydrogens is 1700 g/mol. The molecule has 0 saturated heterocycles. The molecule has 5 aromatic heterocycles. The van der Waals surface area contributed by atoms with E-state index in [0.29, 0.717) is 0 Å². The maximum absolute atomic E-state index is 8.25. The van der Waals surface area contributed by atoms with Gasteiger partial charge in [0.2, 0.25) is 0 Å². The van der Waals surface area contributed by atoms with Crippen molar-refractivity contribution in [2.45, 2.75) is 242 Å². The molecule has 16 aromatic carbocycles. The SMILES string of the molecule is CC(C)(C)c1cc(-c2ccccc2)c(N2c3cc(-n4c5ccc(C(C)(C)C)cc5c5cc(C(C)(C)C)ccc54)ccc3C3c4ccc(-n5c6ccc(C(C)(C)C)cc6c6cc(C(C)(C)C)ccc65)cc4N(c4cccc5c4oc4c(-n6c7ccc(C(C)(C)C)cc7c7cc(C(C)(C)C)ccc76)cccc45)c4cc(-n5c6ccc(C(C)(C)C)cc6c6cc(C(C)(C)C)ccc65)cc2c43)c(-c2ccccc2)c1. The van der Waals surface area contributed by atoms with Crippen molar-refractivity contribution in [3.63, 3.8) is 0 Å². The molecule has 0 amide bonds. The van der Waals surface area contributed by atoms with Crippen LogP contribution in [0.3, 0.4) is 0 Å². The van der Waals surface area contributed by atoms with E-state index in [-0.39, 0.29) is 54.7 Å². The Morgan fingerprint density at radius 2 is 0.457 bits per heavy atom. The highest BCUT2D eigenvalue weighted by atomic mass is 16.3. The Morgan fingerprint density at radius 3 is 0.764 bits per heavy atom. The van der Waals surface area contributed by atoms with Crippen LogP contribution in [0.5, 0.6) is 0 Å². The number of nitrogens with zero attached hydrogens (tertiary/aromatic N) is 6. The Balaban J connectivity index is 0.906. The third kappa shape index (κ3) is 14.3. The first-order valence-corrected chi connectivity index (χ1v) is 50.8. The van der Waals surface area contributed by atoms with Gasteiger partial charge in [-0.2, -0.15) is 0 Å². The third-order valence-electron chi connectivity index (χ3n) is 31.1. The summed E-state index contributed by atoms with van der Waals surface area (Å²) < 4.78 is 18.5. The zero-order valence-corrected chi connectivity index (χ0v) is 87.0. The molecule has 7 nitrogen and oxygen atoms in total. The Bertz CT molecular complexity index is 8430. The van der Waals surface area contributed by atoms with Gasteiger partial charge in [0.15, 0.2) is 11.2 Å². The monoisotopic (exact) mass is 1830 g/mol. The molecule has 7 heteroatoms. The van der Waals surface area contributed by atoms with Gasteiger partial charge in [0.25, 0.3) is 0 Å². The molecule has 0 aliphatic carbocycles. The van der Waals surface area contributed by atoms with Crippen molar-refractivity contribution in [2.24, 2.45) is 0 Å². The van der Waals surface area contributed by atoms with Gasteiger partial charge < -0.3 is 32.5 Å². The Hall–Kier alpha value is -13.9. The van der Waals surface area contributed by atoms with Gasteiger partial charge in [-0.1, -0.05) is 333 Å². The second-order valence-electron chi connectivity index (χ2n) is 50.0. The topological polar surface area (TPSA) is 39.3 Å². The molecule has 21 aromatic rings. The van der Waals surface area contributed by atoms with Crippen LogP contribution in [0, 0.1) is 0 Å². The first-order chi connectivity index (χ1) is 66.1. The lowest BCUT2D eigenvalue weighted by molar-refractivity contribution is 0.590. The summed E-state index contributed by atoms with van der Waals surface area (Å²) in [6, 6.07) is 120. The summed E-state index contributed by atoms with van der Waals surface area (Å²) in [6.45, 7) is 63.4. The van der Waals surface area contributed by atoms with E-state index in [9.17, 15) is 0 Å². The van der Waals surface area contributed by atoms with Crippen molar-refractivity contribution in [3.05, 3.63) is 370 Å². The number of hydrogen-bond acceptors (Lipinski definition) is 3. The molecular formula is C133H132N6O. The van der Waals surface area contributed by atoms with Gasteiger partial charge in [-0.25, -0.2) is 0 Å². The molecule has 0 fully saturated rings. The summed E-state index contributed by atoms with van der Waals surface area (Å²) in [4.78, 5) is 5.44. The molecule has 1 unspecified atom stereocenters. The summed E-state index contributed by atoms with van der Waals surface area (Å²) in [5.41, 5.74) is 39.8. The number of rotatable bonds is 8. The number of benzene rings is 16. The number of aromatic nitrogens is 4. The summed E-state index contributed by atoms with van der Waals surface area (Å²) in [6.07, 6.45) is 0. The Labute approximate surface area is 826 Å². The molecule has 0 spiro atoms. The fourth-order valence-corrected chi connectivity index (χ4v) is 22.9. The lowest BCUT2D eigenvalue weighted by Gasteiger charge is -2.46. The fraction of sp³-hybridized carbons (Fsp3) is 0.278. The number of anilines is 6. The summed E-state index contributed by atoms with van der Waals surface area (Å²) in [5, 5.41) is 11.9. The Morgan fingerprint density at radius 1 is 0.193 bits per heavy atom. The largest absolute Gasteiger partial charge is 0.452 e. The van der Waals surface area contributed by atoms with E-state index in [0.717, 1.165) is 134 Å². The van der Waals surface area contributed by atoms with E-state index in [2.05, 4.69) is 518 Å². The van der Waals surface area contributed by atoms with Crippen molar-refractivity contribution in [3.8, 4) is 45.0 Å². The average molecular weight is 1830 g/mol. The van der Waals surface area contributed by atoms with Crippen molar-refractivity contribution in [1.82, 2.24) is 18.3 Å². The number of fused-ring (bicyclic) bond motifs is 19. The number of hydrogen-bond donors (Lipinski definition) is 0. The predicted octanol–water partition coefficient (Wildman–Crippen LogP) is 37.7. The maximum atomic E-state index is 8.25. The van der Waals surface area contributed by atoms with E-state index in [1.54, 1.807) is 0 Å². The first kappa shape index (κ1) is 90.0. The van der Waals surface area contributed by atoms with Crippen LogP contribution in [0.4, 0.5) is 34.1 Å². The van der Waals surface area contributed by atoms with Gasteiger partial charge in [-0.05, 0) is 279 Å². The molecule has 700 valence electrons. The summed E-state index contributed by atoms with van der Waals surface area (Å²) in [5.74, 6) is -0.372. The van der Waals surface area contributed by atoms with E-state index < -0.39 is 0 Å². The quantitative estimate of drug-likeness (QED) is 0.152. The molecule has 2 aliphatic rings. The molecule has 0 N–H and O–H groups in total. The highest BCUT2D eigenvalue weighted by Gasteiger charge is 2.45. The summed E-state index contributed by atoms with van der Waals surface area (Å²) in [7, 11) is 0. The second kappa shape index (κ2) is 30.8. The van der Waals surface area contributed by atoms with Crippen LogP contribution < -0.4 is 9.80 Å². The second-order valence-corrected chi connectivity index (χ2v) is 50.0. The van der Waals surface area contributed by atoms with Crippen LogP contribution in [-0.2, 0) is 48.7 Å². The van der Waals surface area contributed by atoms with Gasteiger partial charge in [0, 0.05) is 87.8 Å². The van der Waals surface area contributed by atoms with E-state index in [1.165, 1.54) is 121 Å². The molecule has 1 atom stereocenters. The van der Waals surface area contributed by atoms with Gasteiger partial charge in [-0.15, -0.1) is 0 Å². The highest BCUT2D eigenvalue weighted by molar-refractivity contribution is 6.18. The van der Waals surface area contributed by atoms with Crippen molar-refractivity contribution >= 4 is 143 Å². The molecule has 0 saturated carbocycles. The van der Waals surface area contributed by atoms with Crippen LogP contribution in [0.15, 0.2) is 308 Å². The van der Waals surface area contributed by atoms with E-state index in [1.807, 2.05) is 0 Å². The zero-order valence-electron chi connectivity index (χ0n) is 87.0. The molecule has 0 radical (unpaired) electrons. The van der Waals surface area contributed by atoms with Gasteiger partial charge in [0.05, 0.1) is 89.6 Å². The zero-order chi connectivity index (χ0) is 98.2. The first-order valence-electron chi connectivity index (χ1n) is 50.8. The number of furan rings is 1. The fourth-order valence-electron chi connectivity index (χ4n) is 22.9. The van der Waals surface area contributed by atoms with Gasteiger partial charge >= 0.3 is 0 Å². The van der Waals surface area contributed by atoms with E-state index >= 15 is 0 Å². The minimum absolute atomic E-state index is 0.0838. The molecule has 140 heavy (non-hydrogen) atoms. The minimum atomic E-state index is -0.372. The van der Waals surface area contributed by atoms with Crippen LogP contribution in [0.1, 0.15) is 260 Å². The lowest BCUT2D eigenvalue weighted by atomic mass is 9.74. The Kier molecular flexibility index (Phi) is 19.8. The molecule has 23 rings (SSSR count). The van der Waals surface area contributed by atoms with E-state index in [4.69, 9.17) is 4.42 Å². The maximum Gasteiger partial charge on any atom is 0.159 e. The lowest BCUT2D eigenvalue weighted by Crippen LogP contribution is -2.30. The minimum Gasteiger partial charge on any atom is -0.452 e. The van der Waals surface area contributed by atoms with Crippen molar-refractivity contribution in [2.75, 3.05) is 9.80 Å². The van der Waals surface area contributed by atoms with Crippen molar-refractivity contribution < 1.29 is 4.42 Å². The smallest absolute Gasteiger partial charge is 0.159 e. The van der Waals surface area contributed by atoms with Gasteiger partial charge in [0.1, 0.15) is 0 Å².